The number of hydrogen-bond acceptors (Lipinski definition) is 5. The Kier molecular flexibility index (Phi) is 3.55. The quantitative estimate of drug-likeness (QED) is 0.743. The van der Waals surface area contributed by atoms with Gasteiger partial charge >= 0.3 is 0 Å². The molecule has 0 fully saturated rings. The summed E-state index contributed by atoms with van der Waals surface area (Å²) in [4.78, 5) is 6.50. The van der Waals surface area contributed by atoms with Crippen LogP contribution >= 0.6 is 11.3 Å². The largest absolute Gasteiger partial charge is 0.367 e. The molecule has 21 heavy (non-hydrogen) atoms. The number of halogens is 1. The van der Waals surface area contributed by atoms with Gasteiger partial charge in [-0.25, -0.2) is 4.39 Å². The molecule has 0 aliphatic carbocycles. The van der Waals surface area contributed by atoms with Crippen molar-refractivity contribution in [1.82, 2.24) is 15.2 Å². The Morgan fingerprint density at radius 3 is 2.71 bits per heavy atom. The first kappa shape index (κ1) is 13.9. The first-order chi connectivity index (χ1) is 10.0. The highest BCUT2D eigenvalue weighted by molar-refractivity contribution is 7.11. The van der Waals surface area contributed by atoms with Gasteiger partial charge in [-0.15, -0.1) is 10.2 Å². The molecule has 2 heterocycles. The van der Waals surface area contributed by atoms with Gasteiger partial charge < -0.3 is 4.90 Å². The van der Waals surface area contributed by atoms with E-state index in [1.807, 2.05) is 27.0 Å². The lowest BCUT2D eigenvalue weighted by atomic mass is 10.1. The summed E-state index contributed by atoms with van der Waals surface area (Å²) in [6.45, 7) is 4.51. The van der Waals surface area contributed by atoms with Gasteiger partial charge in [-0.2, -0.15) is 0 Å². The predicted molar refractivity (Wildman–Crippen MR) is 83.2 cm³/mol. The van der Waals surface area contributed by atoms with Gasteiger partial charge in [0, 0.05) is 23.8 Å². The second-order valence-electron chi connectivity index (χ2n) is 5.02. The van der Waals surface area contributed by atoms with E-state index in [1.165, 1.54) is 12.1 Å². The van der Waals surface area contributed by atoms with Gasteiger partial charge in [0.2, 0.25) is 0 Å². The van der Waals surface area contributed by atoms with Crippen LogP contribution in [0.15, 0.2) is 24.3 Å². The highest BCUT2D eigenvalue weighted by Gasteiger charge is 2.12. The van der Waals surface area contributed by atoms with Crippen LogP contribution in [0.2, 0.25) is 0 Å². The summed E-state index contributed by atoms with van der Waals surface area (Å²) in [5, 5.41) is 10.9. The minimum absolute atomic E-state index is 0.255. The Hall–Kier alpha value is -2.08. The molecule has 0 unspecified atom stereocenters. The van der Waals surface area contributed by atoms with Crippen molar-refractivity contribution in [2.75, 3.05) is 11.9 Å². The zero-order valence-electron chi connectivity index (χ0n) is 12.1. The summed E-state index contributed by atoms with van der Waals surface area (Å²) in [7, 11) is 1.97. The molecule has 3 rings (SSSR count). The van der Waals surface area contributed by atoms with Gasteiger partial charge in [0.05, 0.1) is 12.1 Å². The van der Waals surface area contributed by atoms with Crippen LogP contribution in [-0.4, -0.2) is 22.2 Å². The maximum Gasteiger partial charge on any atom is 0.136 e. The van der Waals surface area contributed by atoms with Crippen LogP contribution in [-0.2, 0) is 6.54 Å². The van der Waals surface area contributed by atoms with Crippen molar-refractivity contribution in [2.24, 2.45) is 0 Å². The van der Waals surface area contributed by atoms with Gasteiger partial charge in [0.1, 0.15) is 15.8 Å². The third-order valence-electron chi connectivity index (χ3n) is 3.23. The number of pyridine rings is 1. The third-order valence-corrected chi connectivity index (χ3v) is 4.05. The van der Waals surface area contributed by atoms with Crippen LogP contribution < -0.4 is 4.90 Å². The number of rotatable bonds is 3. The summed E-state index contributed by atoms with van der Waals surface area (Å²) in [6, 6.07) is 6.64. The summed E-state index contributed by atoms with van der Waals surface area (Å²) in [6.07, 6.45) is 0. The molecule has 4 nitrogen and oxygen atoms in total. The fourth-order valence-electron chi connectivity index (χ4n) is 2.31. The van der Waals surface area contributed by atoms with Crippen LogP contribution in [0.5, 0.6) is 0 Å². The van der Waals surface area contributed by atoms with E-state index < -0.39 is 0 Å². The number of nitrogens with zero attached hydrogens (tertiary/aromatic N) is 4. The first-order valence-corrected chi connectivity index (χ1v) is 7.41. The lowest BCUT2D eigenvalue weighted by Crippen LogP contribution is -2.17. The molecule has 6 heteroatoms. The molecule has 3 aromatic rings. The van der Waals surface area contributed by atoms with E-state index in [-0.39, 0.29) is 5.82 Å². The molecular weight excluding hydrogens is 287 g/mol. The SMILES string of the molecule is Cc1cc(N(C)Cc2nnc(C)s2)c2cc(F)ccc2n1. The summed E-state index contributed by atoms with van der Waals surface area (Å²) < 4.78 is 13.5. The van der Waals surface area contributed by atoms with Crippen LogP contribution in [0, 0.1) is 19.7 Å². The lowest BCUT2D eigenvalue weighted by Gasteiger charge is -2.20. The third kappa shape index (κ3) is 2.85. The van der Waals surface area contributed by atoms with Crippen molar-refractivity contribution in [1.29, 1.82) is 0 Å². The lowest BCUT2D eigenvalue weighted by molar-refractivity contribution is 0.629. The fraction of sp³-hybridized carbons (Fsp3) is 0.267. The molecule has 0 saturated carbocycles. The van der Waals surface area contributed by atoms with Crippen LogP contribution in [0.25, 0.3) is 10.9 Å². The fourth-order valence-corrected chi connectivity index (χ4v) is 3.08. The molecule has 0 amide bonds. The standard InChI is InChI=1S/C15H15FN4S/c1-9-6-14(12-7-11(16)4-5-13(12)17-9)20(3)8-15-19-18-10(2)21-15/h4-7H,8H2,1-3H3. The number of benzene rings is 1. The first-order valence-electron chi connectivity index (χ1n) is 6.60. The highest BCUT2D eigenvalue weighted by Crippen LogP contribution is 2.28. The topological polar surface area (TPSA) is 41.9 Å². The normalized spacial score (nSPS) is 11.0. The van der Waals surface area contributed by atoms with E-state index in [0.29, 0.717) is 6.54 Å². The molecule has 0 spiro atoms. The zero-order valence-corrected chi connectivity index (χ0v) is 12.9. The van der Waals surface area contributed by atoms with Gasteiger partial charge in [0.15, 0.2) is 0 Å². The maximum absolute atomic E-state index is 13.5. The van der Waals surface area contributed by atoms with Crippen molar-refractivity contribution in [3.05, 3.63) is 45.8 Å². The van der Waals surface area contributed by atoms with Crippen molar-refractivity contribution < 1.29 is 4.39 Å². The van der Waals surface area contributed by atoms with Crippen LogP contribution in [0.4, 0.5) is 10.1 Å². The molecule has 0 saturated heterocycles. The van der Waals surface area contributed by atoms with Crippen molar-refractivity contribution >= 4 is 27.9 Å². The van der Waals surface area contributed by atoms with E-state index in [9.17, 15) is 4.39 Å². The number of hydrogen-bond donors (Lipinski definition) is 0. The van der Waals surface area contributed by atoms with Gasteiger partial charge in [-0.1, -0.05) is 11.3 Å². The molecule has 2 aromatic heterocycles. The second kappa shape index (κ2) is 5.37. The van der Waals surface area contributed by atoms with Crippen LogP contribution in [0.3, 0.4) is 0 Å². The number of aromatic nitrogens is 3. The van der Waals surface area contributed by atoms with E-state index in [1.54, 1.807) is 17.4 Å². The minimum atomic E-state index is -0.255. The van der Waals surface area contributed by atoms with E-state index in [0.717, 1.165) is 32.3 Å². The van der Waals surface area contributed by atoms with E-state index in [4.69, 9.17) is 0 Å². The average Bonchev–Trinajstić information content (AvgIpc) is 2.83. The van der Waals surface area contributed by atoms with Crippen molar-refractivity contribution in [2.45, 2.75) is 20.4 Å². The van der Waals surface area contributed by atoms with E-state index >= 15 is 0 Å². The Morgan fingerprint density at radius 2 is 2.00 bits per heavy atom. The highest BCUT2D eigenvalue weighted by atomic mass is 32.1. The monoisotopic (exact) mass is 302 g/mol. The Balaban J connectivity index is 2.03. The predicted octanol–water partition coefficient (Wildman–Crippen LogP) is 3.48. The zero-order chi connectivity index (χ0) is 15.0. The van der Waals surface area contributed by atoms with Gasteiger partial charge in [-0.3, -0.25) is 4.98 Å². The average molecular weight is 302 g/mol. The molecule has 0 radical (unpaired) electrons. The Morgan fingerprint density at radius 1 is 1.19 bits per heavy atom. The summed E-state index contributed by atoms with van der Waals surface area (Å²) in [5.41, 5.74) is 2.65. The molecule has 0 N–H and O–H groups in total. The maximum atomic E-state index is 13.5. The summed E-state index contributed by atoms with van der Waals surface area (Å²) in [5.74, 6) is -0.255. The smallest absolute Gasteiger partial charge is 0.136 e. The van der Waals surface area contributed by atoms with Gasteiger partial charge in [0.25, 0.3) is 0 Å². The molecule has 0 aliphatic heterocycles. The second-order valence-corrected chi connectivity index (χ2v) is 6.28. The van der Waals surface area contributed by atoms with Crippen molar-refractivity contribution in [3.8, 4) is 0 Å². The summed E-state index contributed by atoms with van der Waals surface area (Å²) >= 11 is 1.57. The Labute approximate surface area is 126 Å². The minimum Gasteiger partial charge on any atom is -0.367 e. The Bertz CT molecular complexity index is 799. The van der Waals surface area contributed by atoms with Crippen molar-refractivity contribution in [3.63, 3.8) is 0 Å². The molecule has 0 aliphatic rings. The number of aryl methyl sites for hydroxylation is 2. The van der Waals surface area contributed by atoms with E-state index in [2.05, 4.69) is 20.1 Å². The molecule has 0 atom stereocenters. The molecular formula is C15H15FN4S. The number of fused-ring (bicyclic) bond motifs is 1. The molecule has 1 aromatic carbocycles. The molecule has 108 valence electrons. The molecule has 0 bridgehead atoms. The van der Waals surface area contributed by atoms with Gasteiger partial charge in [-0.05, 0) is 38.1 Å². The van der Waals surface area contributed by atoms with Crippen LogP contribution in [0.1, 0.15) is 15.7 Å². The number of anilines is 1.